The molecule has 1 aliphatic rings. The molecular formula is C20H22F2N3O3+. The van der Waals surface area contributed by atoms with Gasteiger partial charge < -0.3 is 15.4 Å². The van der Waals surface area contributed by atoms with Gasteiger partial charge in [0.1, 0.15) is 11.8 Å². The Labute approximate surface area is 161 Å². The highest BCUT2D eigenvalue weighted by Gasteiger charge is 2.33. The molecule has 0 spiro atoms. The first kappa shape index (κ1) is 19.8. The highest BCUT2D eigenvalue weighted by atomic mass is 19.3. The van der Waals surface area contributed by atoms with E-state index in [1.165, 1.54) is 17.0 Å². The zero-order chi connectivity index (χ0) is 20.1. The molecule has 0 saturated carbocycles. The number of amides is 3. The molecule has 8 heteroatoms. The lowest BCUT2D eigenvalue weighted by Gasteiger charge is -2.23. The third-order valence-electron chi connectivity index (χ3n) is 4.62. The number of carbonyl (C=O) groups excluding carboxylic acids is 2. The van der Waals surface area contributed by atoms with Crippen molar-refractivity contribution in [3.8, 4) is 5.75 Å². The summed E-state index contributed by atoms with van der Waals surface area (Å²) in [4.78, 5) is 25.6. The van der Waals surface area contributed by atoms with E-state index in [0.29, 0.717) is 13.1 Å². The summed E-state index contributed by atoms with van der Waals surface area (Å²) in [5, 5.41) is 4.49. The molecule has 1 heterocycles. The van der Waals surface area contributed by atoms with Crippen molar-refractivity contribution in [2.24, 2.45) is 0 Å². The van der Waals surface area contributed by atoms with Crippen LogP contribution in [0.3, 0.4) is 0 Å². The minimum absolute atomic E-state index is 0.0726. The molecule has 0 bridgehead atoms. The number of nitrogens with zero attached hydrogens (tertiary/aromatic N) is 1. The van der Waals surface area contributed by atoms with Crippen LogP contribution in [0.15, 0.2) is 54.6 Å². The largest absolute Gasteiger partial charge is 0.435 e. The Bertz CT molecular complexity index is 815. The molecule has 3 N–H and O–H groups in total. The van der Waals surface area contributed by atoms with Crippen molar-refractivity contribution in [1.82, 2.24) is 10.2 Å². The third kappa shape index (κ3) is 4.64. The predicted octanol–water partition coefficient (Wildman–Crippen LogP) is 1.88. The fraction of sp³-hybridized carbons (Fsp3) is 0.300. The van der Waals surface area contributed by atoms with Crippen molar-refractivity contribution in [1.29, 1.82) is 0 Å². The molecule has 6 nitrogen and oxygen atoms in total. The van der Waals surface area contributed by atoms with Crippen molar-refractivity contribution >= 4 is 11.9 Å². The van der Waals surface area contributed by atoms with E-state index in [1.807, 2.05) is 35.6 Å². The maximum Gasteiger partial charge on any atom is 0.387 e. The molecule has 0 radical (unpaired) electrons. The Balaban J connectivity index is 1.81. The highest BCUT2D eigenvalue weighted by Crippen LogP contribution is 2.22. The van der Waals surface area contributed by atoms with Crippen LogP contribution in [0.2, 0.25) is 0 Å². The molecule has 28 heavy (non-hydrogen) atoms. The average Bonchev–Trinajstić information content (AvgIpc) is 3.12. The summed E-state index contributed by atoms with van der Waals surface area (Å²) in [6.45, 7) is -0.333. The van der Waals surface area contributed by atoms with E-state index in [4.69, 9.17) is 0 Å². The topological polar surface area (TPSA) is 75.2 Å². The predicted molar refractivity (Wildman–Crippen MR) is 97.9 cm³/mol. The van der Waals surface area contributed by atoms with Crippen molar-refractivity contribution in [3.05, 3.63) is 65.7 Å². The minimum atomic E-state index is -2.88. The lowest BCUT2D eigenvalue weighted by atomic mass is 9.97. The van der Waals surface area contributed by atoms with Gasteiger partial charge in [-0.25, -0.2) is 4.79 Å². The average molecular weight is 390 g/mol. The van der Waals surface area contributed by atoms with Crippen LogP contribution in [-0.4, -0.2) is 42.6 Å². The number of halogens is 2. The van der Waals surface area contributed by atoms with E-state index in [9.17, 15) is 18.4 Å². The standard InChI is InChI=1S/C20H21F2N3O3/c1-13(18(26)25-12-11-23-20(25)27)24-17(14-5-3-2-4-6-14)15-7-9-16(10-8-15)28-19(21)22/h2-10,13,17,19,24H,11-12H2,1H3,(H,23,27)/p+1/t13-,17+/m0/s1. The SMILES string of the molecule is C[C@H]([NH2+][C@H](c1ccccc1)c1ccc(OC(F)F)cc1)C(=O)N1CCNC1=O. The zero-order valence-corrected chi connectivity index (χ0v) is 15.3. The number of nitrogens with one attached hydrogen (secondary N) is 1. The van der Waals surface area contributed by atoms with Crippen LogP contribution in [0.5, 0.6) is 5.75 Å². The summed E-state index contributed by atoms with van der Waals surface area (Å²) in [5.41, 5.74) is 1.79. The third-order valence-corrected chi connectivity index (χ3v) is 4.62. The van der Waals surface area contributed by atoms with Crippen LogP contribution in [0.25, 0.3) is 0 Å². The molecule has 1 aliphatic heterocycles. The number of urea groups is 1. The second-order valence-corrected chi connectivity index (χ2v) is 6.54. The van der Waals surface area contributed by atoms with E-state index in [2.05, 4.69) is 10.1 Å². The molecule has 1 fully saturated rings. The van der Waals surface area contributed by atoms with Crippen molar-refractivity contribution < 1.29 is 28.4 Å². The number of hydrogen-bond acceptors (Lipinski definition) is 3. The van der Waals surface area contributed by atoms with Gasteiger partial charge in [0.05, 0.1) is 0 Å². The van der Waals surface area contributed by atoms with Crippen LogP contribution >= 0.6 is 0 Å². The van der Waals surface area contributed by atoms with Crippen molar-refractivity contribution in [2.45, 2.75) is 25.6 Å². The van der Waals surface area contributed by atoms with E-state index < -0.39 is 12.7 Å². The Morgan fingerprint density at radius 2 is 1.75 bits per heavy atom. The number of imide groups is 1. The molecule has 2 aromatic rings. The lowest BCUT2D eigenvalue weighted by molar-refractivity contribution is -0.705. The normalized spacial score (nSPS) is 16.0. The zero-order valence-electron chi connectivity index (χ0n) is 15.3. The van der Waals surface area contributed by atoms with E-state index in [0.717, 1.165) is 11.1 Å². The quantitative estimate of drug-likeness (QED) is 0.758. The van der Waals surface area contributed by atoms with E-state index >= 15 is 0 Å². The van der Waals surface area contributed by atoms with Gasteiger partial charge in [0, 0.05) is 24.2 Å². The fourth-order valence-corrected chi connectivity index (χ4v) is 3.23. The number of carbonyl (C=O) groups is 2. The van der Waals surface area contributed by atoms with Crippen LogP contribution in [-0.2, 0) is 4.79 Å². The van der Waals surface area contributed by atoms with Gasteiger partial charge in [-0.05, 0) is 31.2 Å². The lowest BCUT2D eigenvalue weighted by Crippen LogP contribution is -2.92. The molecule has 0 aromatic heterocycles. The molecule has 2 aromatic carbocycles. The van der Waals surface area contributed by atoms with E-state index in [-0.39, 0.29) is 23.7 Å². The second-order valence-electron chi connectivity index (χ2n) is 6.54. The Morgan fingerprint density at radius 3 is 2.32 bits per heavy atom. The number of rotatable bonds is 7. The molecule has 1 saturated heterocycles. The van der Waals surface area contributed by atoms with Gasteiger partial charge >= 0.3 is 12.6 Å². The molecule has 2 atom stereocenters. The number of nitrogens with two attached hydrogens (primary N) is 1. The first-order valence-corrected chi connectivity index (χ1v) is 8.99. The molecule has 0 aliphatic carbocycles. The summed E-state index contributed by atoms with van der Waals surface area (Å²) >= 11 is 0. The second kappa shape index (κ2) is 8.79. The number of quaternary nitrogens is 1. The fourth-order valence-electron chi connectivity index (χ4n) is 3.23. The number of hydrogen-bond donors (Lipinski definition) is 2. The van der Waals surface area contributed by atoms with Crippen molar-refractivity contribution in [3.63, 3.8) is 0 Å². The van der Waals surface area contributed by atoms with Gasteiger partial charge in [-0.3, -0.25) is 9.69 Å². The molecule has 0 unspecified atom stereocenters. The first-order chi connectivity index (χ1) is 13.5. The van der Waals surface area contributed by atoms with Gasteiger partial charge in [0.15, 0.2) is 6.04 Å². The highest BCUT2D eigenvalue weighted by molar-refractivity contribution is 5.97. The molecule has 3 amide bonds. The maximum absolute atomic E-state index is 12.7. The summed E-state index contributed by atoms with van der Waals surface area (Å²) in [5.74, 6) is -0.197. The van der Waals surface area contributed by atoms with E-state index in [1.54, 1.807) is 19.1 Å². The Hall–Kier alpha value is -3.00. The van der Waals surface area contributed by atoms with Gasteiger partial charge in [-0.15, -0.1) is 0 Å². The first-order valence-electron chi connectivity index (χ1n) is 8.99. The summed E-state index contributed by atoms with van der Waals surface area (Å²) < 4.78 is 29.2. The van der Waals surface area contributed by atoms with Crippen LogP contribution in [0.4, 0.5) is 13.6 Å². The monoisotopic (exact) mass is 390 g/mol. The summed E-state index contributed by atoms with van der Waals surface area (Å²) in [7, 11) is 0. The molecular weight excluding hydrogens is 368 g/mol. The minimum Gasteiger partial charge on any atom is -0.435 e. The Kier molecular flexibility index (Phi) is 6.20. The van der Waals surface area contributed by atoms with Gasteiger partial charge in [-0.1, -0.05) is 30.3 Å². The van der Waals surface area contributed by atoms with Crippen LogP contribution in [0, 0.1) is 0 Å². The molecule has 3 rings (SSSR count). The Morgan fingerprint density at radius 1 is 1.11 bits per heavy atom. The van der Waals surface area contributed by atoms with Gasteiger partial charge in [0.2, 0.25) is 0 Å². The van der Waals surface area contributed by atoms with Crippen LogP contribution in [0.1, 0.15) is 24.1 Å². The smallest absolute Gasteiger partial charge is 0.387 e. The van der Waals surface area contributed by atoms with Gasteiger partial charge in [-0.2, -0.15) is 8.78 Å². The van der Waals surface area contributed by atoms with Crippen molar-refractivity contribution in [2.75, 3.05) is 13.1 Å². The number of alkyl halides is 2. The summed E-state index contributed by atoms with van der Waals surface area (Å²) in [6, 6.07) is 14.8. The number of benzene rings is 2. The van der Waals surface area contributed by atoms with Crippen LogP contribution < -0.4 is 15.4 Å². The maximum atomic E-state index is 12.7. The molecule has 148 valence electrons. The summed E-state index contributed by atoms with van der Waals surface area (Å²) in [6.07, 6.45) is 0. The number of ether oxygens (including phenoxy) is 1. The van der Waals surface area contributed by atoms with Gasteiger partial charge in [0.25, 0.3) is 5.91 Å².